The molecule has 0 bridgehead atoms. The van der Waals surface area contributed by atoms with Gasteiger partial charge in [-0.25, -0.2) is 0 Å². The van der Waals surface area contributed by atoms with Gasteiger partial charge in [0, 0.05) is 48.3 Å². The molecule has 1 fully saturated rings. The fraction of sp³-hybridized carbons (Fsp3) is 0.429. The van der Waals surface area contributed by atoms with E-state index >= 15 is 0 Å². The molecule has 1 aliphatic heterocycles. The van der Waals surface area contributed by atoms with Gasteiger partial charge in [-0.3, -0.25) is 4.90 Å². The van der Waals surface area contributed by atoms with Crippen molar-refractivity contribution in [3.8, 4) is 11.5 Å². The van der Waals surface area contributed by atoms with E-state index in [0.717, 1.165) is 61.5 Å². The van der Waals surface area contributed by atoms with Crippen LogP contribution in [0.3, 0.4) is 0 Å². The van der Waals surface area contributed by atoms with Crippen LogP contribution in [0.5, 0.6) is 11.5 Å². The zero-order valence-electron chi connectivity index (χ0n) is 16.3. The van der Waals surface area contributed by atoms with E-state index in [2.05, 4.69) is 26.1 Å². The van der Waals surface area contributed by atoms with Crippen molar-refractivity contribution in [2.45, 2.75) is 13.2 Å². The predicted molar refractivity (Wildman–Crippen MR) is 120 cm³/mol. The standard InChI is InChI=1S/C21H25BrCl2N2O3/c1-27-20-12-15(13-25-5-6-26-7-9-28-10-8-26)11-17(22)21(20)29-14-16-18(23)3-2-4-19(16)24/h2-4,11-12,25H,5-10,13-14H2,1H3. The molecule has 29 heavy (non-hydrogen) atoms. The molecule has 1 N–H and O–H groups in total. The number of halogens is 3. The van der Waals surface area contributed by atoms with Gasteiger partial charge in [-0.05, 0) is 45.8 Å². The molecule has 0 amide bonds. The average Bonchev–Trinajstić information content (AvgIpc) is 2.72. The second-order valence-corrected chi connectivity index (χ2v) is 8.40. The molecule has 0 aliphatic carbocycles. The van der Waals surface area contributed by atoms with Crippen LogP contribution >= 0.6 is 39.1 Å². The molecule has 0 radical (unpaired) electrons. The van der Waals surface area contributed by atoms with Crippen LogP contribution < -0.4 is 14.8 Å². The second-order valence-electron chi connectivity index (χ2n) is 6.73. The van der Waals surface area contributed by atoms with Crippen molar-refractivity contribution in [1.82, 2.24) is 10.2 Å². The van der Waals surface area contributed by atoms with Crippen LogP contribution in [0.1, 0.15) is 11.1 Å². The highest BCUT2D eigenvalue weighted by molar-refractivity contribution is 9.10. The van der Waals surface area contributed by atoms with Gasteiger partial charge in [-0.1, -0.05) is 29.3 Å². The molecule has 0 aromatic heterocycles. The summed E-state index contributed by atoms with van der Waals surface area (Å²) in [4.78, 5) is 2.41. The molecule has 0 spiro atoms. The number of methoxy groups -OCH3 is 1. The second kappa shape index (κ2) is 11.4. The van der Waals surface area contributed by atoms with Gasteiger partial charge in [0.05, 0.1) is 24.8 Å². The van der Waals surface area contributed by atoms with E-state index in [1.165, 1.54) is 0 Å². The topological polar surface area (TPSA) is 43.0 Å². The Balaban J connectivity index is 1.58. The summed E-state index contributed by atoms with van der Waals surface area (Å²) in [5, 5.41) is 4.64. The van der Waals surface area contributed by atoms with E-state index in [-0.39, 0.29) is 6.61 Å². The largest absolute Gasteiger partial charge is 0.493 e. The van der Waals surface area contributed by atoms with E-state index in [4.69, 9.17) is 37.4 Å². The maximum Gasteiger partial charge on any atom is 0.175 e. The summed E-state index contributed by atoms with van der Waals surface area (Å²) in [5.41, 5.74) is 1.86. The first kappa shape index (κ1) is 22.7. The number of morpholine rings is 1. The van der Waals surface area contributed by atoms with Gasteiger partial charge in [0.25, 0.3) is 0 Å². The Morgan fingerprint density at radius 2 is 1.90 bits per heavy atom. The third kappa shape index (κ3) is 6.48. The molecule has 1 heterocycles. The summed E-state index contributed by atoms with van der Waals surface area (Å²) in [5.74, 6) is 1.29. The molecule has 1 saturated heterocycles. The fourth-order valence-corrected chi connectivity index (χ4v) is 4.24. The zero-order chi connectivity index (χ0) is 20.6. The van der Waals surface area contributed by atoms with Crippen LogP contribution in [-0.4, -0.2) is 51.4 Å². The van der Waals surface area contributed by atoms with Crippen LogP contribution in [-0.2, 0) is 17.9 Å². The van der Waals surface area contributed by atoms with Crippen molar-refractivity contribution < 1.29 is 14.2 Å². The van der Waals surface area contributed by atoms with Crippen molar-refractivity contribution in [3.05, 3.63) is 56.0 Å². The molecule has 5 nitrogen and oxygen atoms in total. The lowest BCUT2D eigenvalue weighted by Crippen LogP contribution is -2.40. The van der Waals surface area contributed by atoms with Crippen LogP contribution in [0.15, 0.2) is 34.8 Å². The Morgan fingerprint density at radius 3 is 2.59 bits per heavy atom. The lowest BCUT2D eigenvalue weighted by molar-refractivity contribution is 0.0384. The summed E-state index contributed by atoms with van der Waals surface area (Å²) >= 11 is 16.1. The summed E-state index contributed by atoms with van der Waals surface area (Å²) in [6.07, 6.45) is 0. The molecule has 2 aromatic carbocycles. The molecule has 0 saturated carbocycles. The third-order valence-electron chi connectivity index (χ3n) is 4.75. The minimum Gasteiger partial charge on any atom is -0.493 e. The Labute approximate surface area is 190 Å². The molecular weight excluding hydrogens is 479 g/mol. The first-order chi connectivity index (χ1) is 14.1. The number of nitrogens with one attached hydrogen (secondary N) is 1. The normalized spacial score (nSPS) is 14.8. The molecule has 8 heteroatoms. The lowest BCUT2D eigenvalue weighted by Gasteiger charge is -2.26. The summed E-state index contributed by atoms with van der Waals surface area (Å²) in [7, 11) is 1.63. The Hall–Kier alpha value is -1.02. The molecule has 3 rings (SSSR count). The summed E-state index contributed by atoms with van der Waals surface area (Å²) in [6.45, 7) is 6.59. The Bertz CT molecular complexity index is 797. The van der Waals surface area contributed by atoms with Crippen molar-refractivity contribution in [2.75, 3.05) is 46.5 Å². The maximum absolute atomic E-state index is 6.24. The molecule has 0 unspecified atom stereocenters. The van der Waals surface area contributed by atoms with Gasteiger partial charge >= 0.3 is 0 Å². The molecule has 158 valence electrons. The highest BCUT2D eigenvalue weighted by Crippen LogP contribution is 2.38. The van der Waals surface area contributed by atoms with Gasteiger partial charge in [0.15, 0.2) is 11.5 Å². The third-order valence-corrected chi connectivity index (χ3v) is 6.05. The first-order valence-electron chi connectivity index (χ1n) is 9.51. The van der Waals surface area contributed by atoms with Gasteiger partial charge in [0.2, 0.25) is 0 Å². The number of ether oxygens (including phenoxy) is 3. The van der Waals surface area contributed by atoms with E-state index in [9.17, 15) is 0 Å². The number of rotatable bonds is 9. The first-order valence-corrected chi connectivity index (χ1v) is 11.1. The number of hydrogen-bond acceptors (Lipinski definition) is 5. The molecular formula is C21H25BrCl2N2O3. The minimum atomic E-state index is 0.255. The number of benzene rings is 2. The fourth-order valence-electron chi connectivity index (χ4n) is 3.12. The van der Waals surface area contributed by atoms with Gasteiger partial charge < -0.3 is 19.5 Å². The van der Waals surface area contributed by atoms with E-state index in [1.807, 2.05) is 18.2 Å². The Morgan fingerprint density at radius 1 is 1.17 bits per heavy atom. The lowest BCUT2D eigenvalue weighted by atomic mass is 10.2. The van der Waals surface area contributed by atoms with Crippen LogP contribution in [0.2, 0.25) is 10.0 Å². The quantitative estimate of drug-likeness (QED) is 0.499. The average molecular weight is 504 g/mol. The molecule has 2 aromatic rings. The highest BCUT2D eigenvalue weighted by Gasteiger charge is 2.14. The molecule has 0 atom stereocenters. The van der Waals surface area contributed by atoms with Crippen molar-refractivity contribution in [1.29, 1.82) is 0 Å². The van der Waals surface area contributed by atoms with E-state index in [0.29, 0.717) is 21.5 Å². The van der Waals surface area contributed by atoms with E-state index < -0.39 is 0 Å². The number of hydrogen-bond donors (Lipinski definition) is 1. The van der Waals surface area contributed by atoms with Crippen LogP contribution in [0, 0.1) is 0 Å². The van der Waals surface area contributed by atoms with E-state index in [1.54, 1.807) is 19.2 Å². The highest BCUT2D eigenvalue weighted by atomic mass is 79.9. The smallest absolute Gasteiger partial charge is 0.175 e. The SMILES string of the molecule is COc1cc(CNCCN2CCOCC2)cc(Br)c1OCc1c(Cl)cccc1Cl. The predicted octanol–water partition coefficient (Wildman–Crippen LogP) is 4.77. The molecule has 1 aliphatic rings. The van der Waals surface area contributed by atoms with Gasteiger partial charge in [-0.15, -0.1) is 0 Å². The minimum absolute atomic E-state index is 0.255. The monoisotopic (exact) mass is 502 g/mol. The Kier molecular flexibility index (Phi) is 8.90. The summed E-state index contributed by atoms with van der Waals surface area (Å²) in [6, 6.07) is 9.42. The number of nitrogens with zero attached hydrogens (tertiary/aromatic N) is 1. The van der Waals surface area contributed by atoms with Gasteiger partial charge in [-0.2, -0.15) is 0 Å². The van der Waals surface area contributed by atoms with Crippen molar-refractivity contribution in [3.63, 3.8) is 0 Å². The summed E-state index contributed by atoms with van der Waals surface area (Å²) < 4.78 is 17.7. The van der Waals surface area contributed by atoms with Gasteiger partial charge in [0.1, 0.15) is 6.61 Å². The van der Waals surface area contributed by atoms with Crippen molar-refractivity contribution >= 4 is 39.1 Å². The van der Waals surface area contributed by atoms with Crippen LogP contribution in [0.4, 0.5) is 0 Å². The van der Waals surface area contributed by atoms with Crippen molar-refractivity contribution in [2.24, 2.45) is 0 Å². The van der Waals surface area contributed by atoms with Crippen LogP contribution in [0.25, 0.3) is 0 Å². The maximum atomic E-state index is 6.24. The zero-order valence-corrected chi connectivity index (χ0v) is 19.4.